The van der Waals surface area contributed by atoms with Gasteiger partial charge >= 0.3 is 0 Å². The molecule has 2 atom stereocenters. The Morgan fingerprint density at radius 1 is 1.30 bits per heavy atom. The molecule has 1 N–H and O–H groups in total. The largest absolute Gasteiger partial charge is 0.303 e. The van der Waals surface area contributed by atoms with Crippen LogP contribution in [-0.4, -0.2) is 4.92 Å². The van der Waals surface area contributed by atoms with Crippen LogP contribution in [0.3, 0.4) is 0 Å². The second-order valence-electron chi connectivity index (χ2n) is 4.63. The van der Waals surface area contributed by atoms with Crippen LogP contribution in [0.15, 0.2) is 40.2 Å². The first-order chi connectivity index (χ1) is 9.47. The standard InChI is InChI=1S/C14H15BrN2O2S/c1-9(11-4-3-5-13(6-11)17(18)19)16-10(2)14-7-12(15)8-20-14/h3-10,16H,1-2H3. The van der Waals surface area contributed by atoms with Crippen molar-refractivity contribution in [2.45, 2.75) is 25.9 Å². The molecule has 0 saturated carbocycles. The summed E-state index contributed by atoms with van der Waals surface area (Å²) in [5, 5.41) is 16.3. The van der Waals surface area contributed by atoms with Crippen molar-refractivity contribution in [1.29, 1.82) is 0 Å². The Morgan fingerprint density at radius 2 is 2.05 bits per heavy atom. The maximum absolute atomic E-state index is 10.8. The van der Waals surface area contributed by atoms with Gasteiger partial charge < -0.3 is 5.32 Å². The number of nitrogens with one attached hydrogen (secondary N) is 1. The molecule has 1 heterocycles. The Bertz CT molecular complexity index is 615. The zero-order valence-corrected chi connectivity index (χ0v) is 13.6. The molecule has 20 heavy (non-hydrogen) atoms. The summed E-state index contributed by atoms with van der Waals surface area (Å²) in [4.78, 5) is 11.7. The van der Waals surface area contributed by atoms with Crippen molar-refractivity contribution in [2.75, 3.05) is 0 Å². The van der Waals surface area contributed by atoms with Crippen molar-refractivity contribution in [3.8, 4) is 0 Å². The normalized spacial score (nSPS) is 13.9. The summed E-state index contributed by atoms with van der Waals surface area (Å²) >= 11 is 5.13. The SMILES string of the molecule is CC(NC(C)c1cc(Br)cs1)c1cccc([N+](=O)[O-])c1. The first-order valence-electron chi connectivity index (χ1n) is 6.21. The first kappa shape index (κ1) is 15.2. The number of hydrogen-bond donors (Lipinski definition) is 1. The van der Waals surface area contributed by atoms with Gasteiger partial charge in [-0.3, -0.25) is 10.1 Å². The number of nitrogens with zero attached hydrogens (tertiary/aromatic N) is 1. The lowest BCUT2D eigenvalue weighted by Gasteiger charge is -2.19. The van der Waals surface area contributed by atoms with Gasteiger partial charge in [0.25, 0.3) is 5.69 Å². The van der Waals surface area contributed by atoms with Gasteiger partial charge in [0, 0.05) is 38.9 Å². The molecular weight excluding hydrogens is 340 g/mol. The summed E-state index contributed by atoms with van der Waals surface area (Å²) in [6.45, 7) is 4.10. The van der Waals surface area contributed by atoms with E-state index >= 15 is 0 Å². The number of nitro benzene ring substituents is 1. The number of nitro groups is 1. The van der Waals surface area contributed by atoms with E-state index in [4.69, 9.17) is 0 Å². The fourth-order valence-electron chi connectivity index (χ4n) is 2.02. The molecule has 1 aromatic carbocycles. The van der Waals surface area contributed by atoms with Gasteiger partial charge in [0.1, 0.15) is 0 Å². The van der Waals surface area contributed by atoms with Crippen LogP contribution in [0.1, 0.15) is 36.4 Å². The highest BCUT2D eigenvalue weighted by molar-refractivity contribution is 9.10. The third-order valence-corrected chi connectivity index (χ3v) is 4.97. The number of benzene rings is 1. The number of thiophene rings is 1. The van der Waals surface area contributed by atoms with E-state index in [1.165, 1.54) is 10.9 Å². The Balaban J connectivity index is 2.09. The summed E-state index contributed by atoms with van der Waals surface area (Å²) in [5.74, 6) is 0. The second kappa shape index (κ2) is 6.47. The van der Waals surface area contributed by atoms with E-state index in [0.29, 0.717) is 0 Å². The number of rotatable bonds is 5. The number of hydrogen-bond acceptors (Lipinski definition) is 4. The van der Waals surface area contributed by atoms with Crippen molar-refractivity contribution < 1.29 is 4.92 Å². The van der Waals surface area contributed by atoms with Gasteiger partial charge in [-0.05, 0) is 41.4 Å². The molecule has 2 aromatic rings. The maximum Gasteiger partial charge on any atom is 0.269 e. The molecule has 0 amide bonds. The summed E-state index contributed by atoms with van der Waals surface area (Å²) in [6.07, 6.45) is 0. The lowest BCUT2D eigenvalue weighted by molar-refractivity contribution is -0.384. The van der Waals surface area contributed by atoms with Gasteiger partial charge in [-0.2, -0.15) is 0 Å². The lowest BCUT2D eigenvalue weighted by atomic mass is 10.1. The zero-order valence-electron chi connectivity index (χ0n) is 11.2. The van der Waals surface area contributed by atoms with Crippen LogP contribution in [0.25, 0.3) is 0 Å². The van der Waals surface area contributed by atoms with E-state index in [2.05, 4.69) is 34.2 Å². The van der Waals surface area contributed by atoms with Crippen LogP contribution in [0.4, 0.5) is 5.69 Å². The van der Waals surface area contributed by atoms with Crippen molar-refractivity contribution in [3.63, 3.8) is 0 Å². The molecule has 0 spiro atoms. The average molecular weight is 355 g/mol. The van der Waals surface area contributed by atoms with E-state index in [-0.39, 0.29) is 22.7 Å². The molecule has 6 heteroatoms. The monoisotopic (exact) mass is 354 g/mol. The van der Waals surface area contributed by atoms with Gasteiger partial charge in [-0.1, -0.05) is 12.1 Å². The van der Waals surface area contributed by atoms with Crippen molar-refractivity contribution in [3.05, 3.63) is 60.7 Å². The molecule has 0 aliphatic carbocycles. The van der Waals surface area contributed by atoms with Gasteiger partial charge in [0.05, 0.1) is 4.92 Å². The molecule has 0 bridgehead atoms. The Hall–Kier alpha value is -1.24. The number of halogens is 1. The quantitative estimate of drug-likeness (QED) is 0.617. The van der Waals surface area contributed by atoms with Crippen LogP contribution in [0.5, 0.6) is 0 Å². The highest BCUT2D eigenvalue weighted by atomic mass is 79.9. The average Bonchev–Trinajstić information content (AvgIpc) is 2.85. The predicted octanol–water partition coefficient (Wildman–Crippen LogP) is 4.83. The molecule has 2 rings (SSSR count). The Labute approximate surface area is 130 Å². The van der Waals surface area contributed by atoms with E-state index in [0.717, 1.165) is 10.0 Å². The fourth-order valence-corrected chi connectivity index (χ4v) is 3.48. The molecular formula is C14H15BrN2O2S. The molecule has 0 aliphatic heterocycles. The van der Waals surface area contributed by atoms with Gasteiger partial charge in [0.2, 0.25) is 0 Å². The van der Waals surface area contributed by atoms with Gasteiger partial charge in [-0.15, -0.1) is 11.3 Å². The van der Waals surface area contributed by atoms with Crippen LogP contribution in [0, 0.1) is 10.1 Å². The highest BCUT2D eigenvalue weighted by Gasteiger charge is 2.15. The van der Waals surface area contributed by atoms with Crippen LogP contribution < -0.4 is 5.32 Å². The van der Waals surface area contributed by atoms with Crippen LogP contribution in [-0.2, 0) is 0 Å². The second-order valence-corrected chi connectivity index (χ2v) is 6.49. The molecule has 0 aliphatic rings. The molecule has 0 radical (unpaired) electrons. The van der Waals surface area contributed by atoms with Crippen molar-refractivity contribution >= 4 is 33.0 Å². The van der Waals surface area contributed by atoms with E-state index in [9.17, 15) is 10.1 Å². The molecule has 4 nitrogen and oxygen atoms in total. The highest BCUT2D eigenvalue weighted by Crippen LogP contribution is 2.28. The first-order valence-corrected chi connectivity index (χ1v) is 7.89. The molecule has 1 aromatic heterocycles. The lowest BCUT2D eigenvalue weighted by Crippen LogP contribution is -2.21. The van der Waals surface area contributed by atoms with Gasteiger partial charge in [0.15, 0.2) is 0 Å². The van der Waals surface area contributed by atoms with Crippen LogP contribution in [0.2, 0.25) is 0 Å². The number of non-ortho nitro benzene ring substituents is 1. The van der Waals surface area contributed by atoms with Crippen molar-refractivity contribution in [2.24, 2.45) is 0 Å². The summed E-state index contributed by atoms with van der Waals surface area (Å²) in [7, 11) is 0. The minimum Gasteiger partial charge on any atom is -0.303 e. The van der Waals surface area contributed by atoms with Crippen LogP contribution >= 0.6 is 27.3 Å². The Kier molecular flexibility index (Phi) is 4.91. The fraction of sp³-hybridized carbons (Fsp3) is 0.286. The minimum atomic E-state index is -0.365. The minimum absolute atomic E-state index is 0.0470. The third-order valence-electron chi connectivity index (χ3n) is 3.10. The van der Waals surface area contributed by atoms with E-state index in [1.807, 2.05) is 18.4 Å². The molecule has 0 fully saturated rings. The molecule has 0 saturated heterocycles. The summed E-state index contributed by atoms with van der Waals surface area (Å²) in [5.41, 5.74) is 1.05. The van der Waals surface area contributed by atoms with Gasteiger partial charge in [-0.25, -0.2) is 0 Å². The Morgan fingerprint density at radius 3 is 2.65 bits per heavy atom. The summed E-state index contributed by atoms with van der Waals surface area (Å²) < 4.78 is 1.08. The van der Waals surface area contributed by atoms with Crippen molar-refractivity contribution in [1.82, 2.24) is 5.32 Å². The smallest absolute Gasteiger partial charge is 0.269 e. The zero-order chi connectivity index (χ0) is 14.7. The topological polar surface area (TPSA) is 55.2 Å². The molecule has 106 valence electrons. The summed E-state index contributed by atoms with van der Waals surface area (Å²) in [6, 6.07) is 9.08. The maximum atomic E-state index is 10.8. The van der Waals surface area contributed by atoms with E-state index in [1.54, 1.807) is 23.5 Å². The third kappa shape index (κ3) is 3.65. The van der Waals surface area contributed by atoms with E-state index < -0.39 is 0 Å². The molecule has 2 unspecified atom stereocenters. The predicted molar refractivity (Wildman–Crippen MR) is 85.1 cm³/mol.